The highest BCUT2D eigenvalue weighted by Gasteiger charge is 2.49. The van der Waals surface area contributed by atoms with E-state index in [9.17, 15) is 9.59 Å². The number of carbonyl (C=O) groups is 2. The predicted molar refractivity (Wildman–Crippen MR) is 145 cm³/mol. The lowest BCUT2D eigenvalue weighted by atomic mass is 9.79. The van der Waals surface area contributed by atoms with Crippen molar-refractivity contribution in [2.45, 2.75) is 117 Å². The fraction of sp³-hybridized carbons (Fsp3) is 0.633. The average molecular weight is 510 g/mol. The maximum atomic E-state index is 13.7. The smallest absolute Gasteiger partial charge is 0.433 e. The van der Waals surface area contributed by atoms with Crippen LogP contribution in [0.4, 0.5) is 15.3 Å². The number of benzene rings is 1. The van der Waals surface area contributed by atoms with Crippen molar-refractivity contribution in [1.82, 2.24) is 10.0 Å². The van der Waals surface area contributed by atoms with Crippen LogP contribution in [0.5, 0.6) is 0 Å². The van der Waals surface area contributed by atoms with Crippen LogP contribution in [0.25, 0.3) is 4.85 Å². The molecule has 1 aromatic carbocycles. The van der Waals surface area contributed by atoms with Gasteiger partial charge in [-0.25, -0.2) is 19.4 Å². The van der Waals surface area contributed by atoms with Crippen molar-refractivity contribution in [2.24, 2.45) is 5.92 Å². The summed E-state index contributed by atoms with van der Waals surface area (Å²) in [7, 11) is 0. The third-order valence-electron chi connectivity index (χ3n) is 7.08. The Bertz CT molecular complexity index is 987. The molecule has 0 N–H and O–H groups in total. The van der Waals surface area contributed by atoms with Crippen molar-refractivity contribution in [3.63, 3.8) is 0 Å². The fourth-order valence-electron chi connectivity index (χ4n) is 5.47. The summed E-state index contributed by atoms with van der Waals surface area (Å²) in [5.41, 5.74) is 3.52. The Morgan fingerprint density at radius 2 is 1.59 bits per heavy atom. The predicted octanol–water partition coefficient (Wildman–Crippen LogP) is 8.19. The molecule has 0 aromatic heterocycles. The third kappa shape index (κ3) is 7.28. The van der Waals surface area contributed by atoms with Gasteiger partial charge in [0, 0.05) is 6.42 Å². The van der Waals surface area contributed by atoms with Gasteiger partial charge >= 0.3 is 12.2 Å². The Hall–Kier alpha value is -3.01. The second-order valence-corrected chi connectivity index (χ2v) is 10.7. The highest BCUT2D eigenvalue weighted by molar-refractivity contribution is 5.78. The molecule has 37 heavy (non-hydrogen) atoms. The molecule has 0 saturated heterocycles. The molecule has 0 radical (unpaired) electrons. The van der Waals surface area contributed by atoms with Crippen LogP contribution in [0.15, 0.2) is 35.5 Å². The quantitative estimate of drug-likeness (QED) is 0.249. The van der Waals surface area contributed by atoms with E-state index in [1.807, 2.05) is 39.8 Å². The van der Waals surface area contributed by atoms with E-state index in [0.29, 0.717) is 12.1 Å². The molecule has 1 aliphatic carbocycles. The summed E-state index contributed by atoms with van der Waals surface area (Å²) in [4.78, 5) is 30.8. The molecule has 1 aromatic rings. The lowest BCUT2D eigenvalue weighted by molar-refractivity contribution is -0.0327. The maximum absolute atomic E-state index is 13.7. The molecule has 1 heterocycles. The summed E-state index contributed by atoms with van der Waals surface area (Å²) in [6.45, 7) is 16.7. The SMILES string of the molecule is [C-]#[N+]c1ccc(CC2=C(CCCCC)C(C3CCCCC3)N(C(=O)OC(C)C)N2C(=O)OC(C)C)cc1. The van der Waals surface area contributed by atoms with Gasteiger partial charge in [0.05, 0.1) is 30.5 Å². The van der Waals surface area contributed by atoms with Crippen LogP contribution >= 0.6 is 0 Å². The molecule has 3 rings (SSSR count). The van der Waals surface area contributed by atoms with Crippen molar-refractivity contribution in [3.05, 3.63) is 52.5 Å². The summed E-state index contributed by atoms with van der Waals surface area (Å²) < 4.78 is 11.4. The first-order chi connectivity index (χ1) is 17.8. The molecule has 1 atom stereocenters. The summed E-state index contributed by atoms with van der Waals surface area (Å²) in [5.74, 6) is 0.265. The summed E-state index contributed by atoms with van der Waals surface area (Å²) in [6.07, 6.45) is 8.28. The third-order valence-corrected chi connectivity index (χ3v) is 7.08. The van der Waals surface area contributed by atoms with E-state index < -0.39 is 12.2 Å². The van der Waals surface area contributed by atoms with Crippen LogP contribution in [0.2, 0.25) is 0 Å². The van der Waals surface area contributed by atoms with Gasteiger partial charge in [0.25, 0.3) is 0 Å². The summed E-state index contributed by atoms with van der Waals surface area (Å²) >= 11 is 0. The normalized spacial score (nSPS) is 18.5. The van der Waals surface area contributed by atoms with Gasteiger partial charge in [-0.1, -0.05) is 63.3 Å². The molecular weight excluding hydrogens is 466 g/mol. The van der Waals surface area contributed by atoms with Gasteiger partial charge in [0.15, 0.2) is 5.69 Å². The number of hydrogen-bond acceptors (Lipinski definition) is 4. The van der Waals surface area contributed by atoms with Crippen molar-refractivity contribution >= 4 is 17.9 Å². The number of ether oxygens (including phenoxy) is 2. The zero-order valence-electron chi connectivity index (χ0n) is 23.2. The van der Waals surface area contributed by atoms with Crippen LogP contribution in [-0.4, -0.2) is 40.5 Å². The van der Waals surface area contributed by atoms with Crippen molar-refractivity contribution in [3.8, 4) is 0 Å². The van der Waals surface area contributed by atoms with Gasteiger partial charge in [-0.3, -0.25) is 0 Å². The molecule has 7 heteroatoms. The molecule has 1 aliphatic heterocycles. The zero-order valence-corrected chi connectivity index (χ0v) is 23.2. The largest absolute Gasteiger partial charge is 0.445 e. The highest BCUT2D eigenvalue weighted by atomic mass is 16.6. The Kier molecular flexibility index (Phi) is 10.4. The number of amides is 2. The molecule has 1 fully saturated rings. The standard InChI is InChI=1S/C30H43N3O4/c1-7-8-10-15-26-27(20-23-16-18-25(31-6)19-17-23)32(29(34)36-21(2)3)33(30(35)37-22(4)5)28(26)24-13-11-9-12-14-24/h16-19,21-22,24,28H,7-15,20H2,1-5H3. The van der Waals surface area contributed by atoms with Crippen LogP contribution < -0.4 is 0 Å². The Morgan fingerprint density at radius 1 is 0.973 bits per heavy atom. The minimum Gasteiger partial charge on any atom is -0.445 e. The van der Waals surface area contributed by atoms with Gasteiger partial charge < -0.3 is 9.47 Å². The lowest BCUT2D eigenvalue weighted by Gasteiger charge is -2.38. The zero-order chi connectivity index (χ0) is 26.9. The Morgan fingerprint density at radius 3 is 2.16 bits per heavy atom. The fourth-order valence-corrected chi connectivity index (χ4v) is 5.47. The highest BCUT2D eigenvalue weighted by Crippen LogP contribution is 2.43. The molecule has 2 aliphatic rings. The minimum absolute atomic E-state index is 0.222. The average Bonchev–Trinajstić information content (AvgIpc) is 3.18. The first-order valence-corrected chi connectivity index (χ1v) is 14.0. The first-order valence-electron chi connectivity index (χ1n) is 14.0. The van der Waals surface area contributed by atoms with E-state index in [1.54, 1.807) is 17.1 Å². The molecule has 1 saturated carbocycles. The van der Waals surface area contributed by atoms with Crippen molar-refractivity contribution in [1.29, 1.82) is 0 Å². The monoisotopic (exact) mass is 509 g/mol. The first kappa shape index (κ1) is 28.6. The number of allylic oxidation sites excluding steroid dienone is 1. The Labute approximate surface area is 222 Å². The molecule has 0 spiro atoms. The van der Waals surface area contributed by atoms with Gasteiger partial charge in [-0.05, 0) is 70.4 Å². The van der Waals surface area contributed by atoms with Crippen LogP contribution in [0.1, 0.15) is 98.0 Å². The Balaban J connectivity index is 2.14. The number of unbranched alkanes of at least 4 members (excludes halogenated alkanes) is 2. The van der Waals surface area contributed by atoms with E-state index in [-0.39, 0.29) is 24.2 Å². The minimum atomic E-state index is -0.546. The van der Waals surface area contributed by atoms with Gasteiger partial charge in [0.1, 0.15) is 0 Å². The van der Waals surface area contributed by atoms with E-state index in [1.165, 1.54) is 11.4 Å². The lowest BCUT2D eigenvalue weighted by Crippen LogP contribution is -2.53. The number of hydrogen-bond donors (Lipinski definition) is 0. The number of nitrogens with zero attached hydrogens (tertiary/aromatic N) is 3. The van der Waals surface area contributed by atoms with E-state index in [0.717, 1.165) is 68.2 Å². The molecule has 7 nitrogen and oxygen atoms in total. The number of hydrazine groups is 1. The number of rotatable bonds is 9. The second kappa shape index (κ2) is 13.5. The van der Waals surface area contributed by atoms with Crippen LogP contribution in [0.3, 0.4) is 0 Å². The molecule has 0 bridgehead atoms. The molecular formula is C30H43N3O4. The summed E-state index contributed by atoms with van der Waals surface area (Å²) in [6, 6.07) is 7.24. The molecule has 2 amide bonds. The van der Waals surface area contributed by atoms with E-state index in [4.69, 9.17) is 16.0 Å². The van der Waals surface area contributed by atoms with Gasteiger partial charge in [0.2, 0.25) is 0 Å². The summed E-state index contributed by atoms with van der Waals surface area (Å²) in [5, 5.41) is 3.05. The van der Waals surface area contributed by atoms with Crippen LogP contribution in [0, 0.1) is 12.5 Å². The van der Waals surface area contributed by atoms with E-state index in [2.05, 4.69) is 11.8 Å². The second-order valence-electron chi connectivity index (χ2n) is 10.7. The maximum Gasteiger partial charge on any atom is 0.433 e. The van der Waals surface area contributed by atoms with E-state index >= 15 is 0 Å². The van der Waals surface area contributed by atoms with Crippen LogP contribution in [-0.2, 0) is 15.9 Å². The molecule has 202 valence electrons. The van der Waals surface area contributed by atoms with Gasteiger partial charge in [-0.2, -0.15) is 5.01 Å². The van der Waals surface area contributed by atoms with Gasteiger partial charge in [-0.15, -0.1) is 0 Å². The van der Waals surface area contributed by atoms with Crippen molar-refractivity contribution in [2.75, 3.05) is 0 Å². The van der Waals surface area contributed by atoms with Crippen molar-refractivity contribution < 1.29 is 19.1 Å². The topological polar surface area (TPSA) is 63.4 Å². The number of carbonyl (C=O) groups excluding carboxylic acids is 2. The molecule has 1 unspecified atom stereocenters.